The van der Waals surface area contributed by atoms with E-state index in [1.165, 1.54) is 17.0 Å². The molecule has 1 aromatic carbocycles. The zero-order chi connectivity index (χ0) is 25.6. The number of halogens is 3. The first-order chi connectivity index (χ1) is 17.1. The Morgan fingerprint density at radius 1 is 1.08 bits per heavy atom. The summed E-state index contributed by atoms with van der Waals surface area (Å²) in [4.78, 5) is 38.8. The smallest absolute Gasteiger partial charge is 0.343 e. The van der Waals surface area contributed by atoms with Crippen LogP contribution >= 0.6 is 0 Å². The zero-order valence-corrected chi connectivity index (χ0v) is 19.2. The number of fused-ring (bicyclic) bond motifs is 2. The fourth-order valence-corrected chi connectivity index (χ4v) is 4.09. The van der Waals surface area contributed by atoms with Gasteiger partial charge in [-0.3, -0.25) is 14.3 Å². The highest BCUT2D eigenvalue weighted by Crippen LogP contribution is 2.24. The van der Waals surface area contributed by atoms with Gasteiger partial charge in [0, 0.05) is 11.8 Å². The van der Waals surface area contributed by atoms with Crippen LogP contribution in [-0.2, 0) is 11.3 Å². The minimum absolute atomic E-state index is 0.214. The summed E-state index contributed by atoms with van der Waals surface area (Å²) in [5.41, 5.74) is 3.19. The molecule has 0 aliphatic rings. The minimum Gasteiger partial charge on any atom is -0.343 e. The molecular weight excluding hydrogens is 475 g/mol. The first kappa shape index (κ1) is 23.3. The van der Waals surface area contributed by atoms with Gasteiger partial charge in [-0.2, -0.15) is 13.2 Å². The third-order valence-corrected chi connectivity index (χ3v) is 5.92. The van der Waals surface area contributed by atoms with Crippen molar-refractivity contribution < 1.29 is 18.0 Å². The first-order valence-electron chi connectivity index (χ1n) is 11.0. The molecule has 0 aliphatic carbocycles. The van der Waals surface area contributed by atoms with E-state index < -0.39 is 30.4 Å². The van der Waals surface area contributed by atoms with E-state index in [4.69, 9.17) is 0 Å². The number of nitrogens with zero attached hydrogens (tertiary/aromatic N) is 6. The Hall–Kier alpha value is -4.48. The second-order valence-electron chi connectivity index (χ2n) is 8.35. The summed E-state index contributed by atoms with van der Waals surface area (Å²) >= 11 is 0. The van der Waals surface area contributed by atoms with Crippen molar-refractivity contribution in [3.8, 4) is 17.1 Å². The average Bonchev–Trinajstić information content (AvgIpc) is 3.42. The van der Waals surface area contributed by atoms with Crippen LogP contribution in [0.2, 0.25) is 0 Å². The number of alkyl halides is 3. The van der Waals surface area contributed by atoms with E-state index in [1.54, 1.807) is 37.6 Å². The Morgan fingerprint density at radius 2 is 1.89 bits per heavy atom. The lowest BCUT2D eigenvalue weighted by Gasteiger charge is -2.17. The van der Waals surface area contributed by atoms with Gasteiger partial charge in [0.25, 0.3) is 0 Å². The van der Waals surface area contributed by atoms with E-state index in [-0.39, 0.29) is 5.82 Å². The number of imidazole rings is 2. The monoisotopic (exact) mass is 495 g/mol. The molecule has 0 fully saturated rings. The lowest BCUT2D eigenvalue weighted by Crippen LogP contribution is -2.45. The fourth-order valence-electron chi connectivity index (χ4n) is 4.09. The molecule has 0 saturated carbocycles. The van der Waals surface area contributed by atoms with Crippen molar-refractivity contribution in [2.45, 2.75) is 32.6 Å². The van der Waals surface area contributed by atoms with E-state index in [9.17, 15) is 22.8 Å². The third-order valence-electron chi connectivity index (χ3n) is 5.92. The molecule has 5 aromatic rings. The number of carbonyl (C=O) groups excluding carboxylic acids is 1. The highest BCUT2D eigenvalue weighted by molar-refractivity contribution is 5.84. The van der Waals surface area contributed by atoms with Crippen LogP contribution in [0.4, 0.5) is 13.2 Å². The number of hydrogen-bond acceptors (Lipinski definition) is 5. The van der Waals surface area contributed by atoms with E-state index in [2.05, 4.69) is 15.0 Å². The third kappa shape index (κ3) is 4.00. The van der Waals surface area contributed by atoms with E-state index in [0.717, 1.165) is 28.1 Å². The van der Waals surface area contributed by atoms with E-state index in [1.807, 2.05) is 28.0 Å². The van der Waals surface area contributed by atoms with E-state index >= 15 is 0 Å². The molecule has 4 aromatic heterocycles. The van der Waals surface area contributed by atoms with Crippen LogP contribution in [0.3, 0.4) is 0 Å². The largest absolute Gasteiger partial charge is 0.408 e. The van der Waals surface area contributed by atoms with Crippen LogP contribution in [0.1, 0.15) is 12.5 Å². The fraction of sp³-hybridized carbons (Fsp3) is 0.208. The maximum Gasteiger partial charge on any atom is 0.408 e. The summed E-state index contributed by atoms with van der Waals surface area (Å²) in [5.74, 6) is -0.718. The van der Waals surface area contributed by atoms with Crippen LogP contribution in [0.25, 0.3) is 33.6 Å². The van der Waals surface area contributed by atoms with Gasteiger partial charge in [0.15, 0.2) is 5.82 Å². The number of amides is 1. The van der Waals surface area contributed by atoms with Crippen molar-refractivity contribution >= 4 is 22.5 Å². The Bertz CT molecular complexity index is 1650. The highest BCUT2D eigenvalue weighted by Gasteiger charge is 2.37. The molecule has 1 atom stereocenters. The summed E-state index contributed by atoms with van der Waals surface area (Å²) in [6, 6.07) is 6.80. The SMILES string of the molecule is Cc1cccc2c1n(-c1cnc(-c3cccn4cncc34)cn1)c(=O)n2CC(=O)N[C@@H](C)C(F)(F)F. The van der Waals surface area contributed by atoms with Gasteiger partial charge in [-0.1, -0.05) is 12.1 Å². The molecular formula is C24H20F3N7O2. The Morgan fingerprint density at radius 3 is 2.61 bits per heavy atom. The Balaban J connectivity index is 1.55. The van der Waals surface area contributed by atoms with E-state index in [0.29, 0.717) is 16.7 Å². The molecule has 0 spiro atoms. The van der Waals surface area contributed by atoms with Crippen molar-refractivity contribution in [1.29, 1.82) is 0 Å². The summed E-state index contributed by atoms with van der Waals surface area (Å²) < 4.78 is 42.9. The van der Waals surface area contributed by atoms with Crippen molar-refractivity contribution in [1.82, 2.24) is 33.8 Å². The predicted octanol–water partition coefficient (Wildman–Crippen LogP) is 3.27. The first-order valence-corrected chi connectivity index (χ1v) is 11.0. The number of benzene rings is 1. The van der Waals surface area contributed by atoms with Crippen molar-refractivity contribution in [2.75, 3.05) is 0 Å². The Kier molecular flexibility index (Phi) is 5.58. The van der Waals surface area contributed by atoms with Crippen molar-refractivity contribution in [3.63, 3.8) is 0 Å². The number of para-hydroxylation sites is 1. The van der Waals surface area contributed by atoms with Gasteiger partial charge in [-0.25, -0.2) is 19.3 Å². The number of rotatable bonds is 5. The van der Waals surface area contributed by atoms with Gasteiger partial charge in [0.05, 0.1) is 47.2 Å². The molecule has 1 amide bonds. The molecule has 184 valence electrons. The molecule has 36 heavy (non-hydrogen) atoms. The molecule has 1 N–H and O–H groups in total. The van der Waals surface area contributed by atoms with Gasteiger partial charge in [-0.05, 0) is 37.6 Å². The maximum absolute atomic E-state index is 13.4. The minimum atomic E-state index is -4.59. The van der Waals surface area contributed by atoms with Crippen LogP contribution < -0.4 is 11.0 Å². The molecule has 9 nitrogen and oxygen atoms in total. The number of aryl methyl sites for hydroxylation is 1. The lowest BCUT2D eigenvalue weighted by atomic mass is 10.2. The standard InChI is InChI=1S/C24H20F3N7O2/c1-14-5-3-7-18-22(14)34(23(36)33(18)12-21(35)31-15(2)24(25,26)27)20-11-29-17(9-30-20)16-6-4-8-32-13-28-10-19(16)32/h3-11,13,15H,12H2,1-2H3,(H,31,35)/t15-/m0/s1. The van der Waals surface area contributed by atoms with Crippen molar-refractivity contribution in [3.05, 3.63) is 77.5 Å². The van der Waals surface area contributed by atoms with Gasteiger partial charge in [-0.15, -0.1) is 0 Å². The summed E-state index contributed by atoms with van der Waals surface area (Å²) in [7, 11) is 0. The van der Waals surface area contributed by atoms with Crippen LogP contribution in [0.15, 0.2) is 66.2 Å². The Labute approximate surface area is 201 Å². The number of aromatic nitrogens is 6. The summed E-state index contributed by atoms with van der Waals surface area (Å²) in [6.45, 7) is 2.05. The second-order valence-corrected chi connectivity index (χ2v) is 8.35. The van der Waals surface area contributed by atoms with Gasteiger partial charge in [0.2, 0.25) is 5.91 Å². The maximum atomic E-state index is 13.4. The lowest BCUT2D eigenvalue weighted by molar-refractivity contribution is -0.158. The van der Waals surface area contributed by atoms with Crippen LogP contribution in [0, 0.1) is 6.92 Å². The molecule has 0 aliphatic heterocycles. The van der Waals surface area contributed by atoms with Gasteiger partial charge >= 0.3 is 11.9 Å². The second kappa shape index (κ2) is 8.63. The summed E-state index contributed by atoms with van der Waals surface area (Å²) in [6.07, 6.45) is 3.61. The van der Waals surface area contributed by atoms with Crippen molar-refractivity contribution in [2.24, 2.45) is 0 Å². The molecule has 0 bridgehead atoms. The molecule has 4 heterocycles. The molecule has 0 unspecified atom stereocenters. The number of carbonyl (C=O) groups is 1. The number of hydrogen-bond donors (Lipinski definition) is 1. The average molecular weight is 495 g/mol. The predicted molar refractivity (Wildman–Crippen MR) is 126 cm³/mol. The molecule has 5 rings (SSSR count). The molecule has 0 saturated heterocycles. The summed E-state index contributed by atoms with van der Waals surface area (Å²) in [5, 5.41) is 1.89. The molecule has 0 radical (unpaired) electrons. The topological polar surface area (TPSA) is 99.1 Å². The number of nitrogens with one attached hydrogen (secondary N) is 1. The quantitative estimate of drug-likeness (QED) is 0.404. The number of pyridine rings is 1. The van der Waals surface area contributed by atoms with Gasteiger partial charge < -0.3 is 9.72 Å². The van der Waals surface area contributed by atoms with Crippen LogP contribution in [0.5, 0.6) is 0 Å². The van der Waals surface area contributed by atoms with Crippen LogP contribution in [-0.4, -0.2) is 46.6 Å². The normalized spacial score (nSPS) is 12.8. The zero-order valence-electron chi connectivity index (χ0n) is 19.2. The van der Waals surface area contributed by atoms with Gasteiger partial charge in [0.1, 0.15) is 12.6 Å². The highest BCUT2D eigenvalue weighted by atomic mass is 19.4. The molecule has 12 heteroatoms.